The first-order chi connectivity index (χ1) is 7.00. The Morgan fingerprint density at radius 1 is 1.47 bits per heavy atom. The quantitative estimate of drug-likeness (QED) is 0.763. The molecule has 0 amide bonds. The van der Waals surface area contributed by atoms with E-state index in [1.165, 1.54) is 6.92 Å². The monoisotopic (exact) mass is 237 g/mol. The summed E-state index contributed by atoms with van der Waals surface area (Å²) in [7, 11) is 0. The summed E-state index contributed by atoms with van der Waals surface area (Å²) < 4.78 is 18.0. The van der Waals surface area contributed by atoms with Crippen molar-refractivity contribution < 1.29 is 9.13 Å². The Morgan fingerprint density at radius 3 is 2.60 bits per heavy atom. The highest BCUT2D eigenvalue weighted by molar-refractivity contribution is 6.20. The maximum Gasteiger partial charge on any atom is 0.121 e. The second kappa shape index (κ2) is 6.02. The highest BCUT2D eigenvalue weighted by Crippen LogP contribution is 2.32. The Kier molecular flexibility index (Phi) is 5.30. The zero-order valence-electron chi connectivity index (χ0n) is 9.46. The van der Waals surface area contributed by atoms with Crippen LogP contribution in [-0.4, -0.2) is 30.3 Å². The summed E-state index contributed by atoms with van der Waals surface area (Å²) >= 11 is 6.23. The van der Waals surface area contributed by atoms with E-state index in [1.807, 2.05) is 6.92 Å². The van der Waals surface area contributed by atoms with Crippen LogP contribution in [-0.2, 0) is 4.74 Å². The van der Waals surface area contributed by atoms with Crippen molar-refractivity contribution in [3.8, 4) is 0 Å². The van der Waals surface area contributed by atoms with Gasteiger partial charge in [-0.1, -0.05) is 0 Å². The minimum absolute atomic E-state index is 0.0682. The summed E-state index contributed by atoms with van der Waals surface area (Å²) in [6.45, 7) is 3.67. The summed E-state index contributed by atoms with van der Waals surface area (Å²) in [6.07, 6.45) is 1.94. The zero-order chi connectivity index (χ0) is 11.4. The van der Waals surface area contributed by atoms with Crippen LogP contribution in [0.15, 0.2) is 0 Å². The highest BCUT2D eigenvalue weighted by atomic mass is 35.5. The second-order valence-electron chi connectivity index (χ2n) is 4.59. The van der Waals surface area contributed by atoms with Crippen molar-refractivity contribution in [3.05, 3.63) is 0 Å². The lowest BCUT2D eigenvalue weighted by molar-refractivity contribution is -0.00492. The number of rotatable bonds is 4. The van der Waals surface area contributed by atoms with Crippen molar-refractivity contribution in [2.45, 2.75) is 56.8 Å². The first-order valence-corrected chi connectivity index (χ1v) is 6.09. The molecule has 5 atom stereocenters. The number of nitrogens with two attached hydrogens (primary N) is 1. The largest absolute Gasteiger partial charge is 0.375 e. The van der Waals surface area contributed by atoms with Gasteiger partial charge in [0.05, 0.1) is 12.7 Å². The van der Waals surface area contributed by atoms with E-state index in [0.717, 1.165) is 19.3 Å². The van der Waals surface area contributed by atoms with Gasteiger partial charge in [-0.15, -0.1) is 11.6 Å². The molecule has 90 valence electrons. The van der Waals surface area contributed by atoms with E-state index < -0.39 is 6.17 Å². The predicted octanol–water partition coefficient (Wildman–Crippen LogP) is 2.48. The summed E-state index contributed by atoms with van der Waals surface area (Å²) in [4.78, 5) is 0. The molecule has 0 heterocycles. The standard InChI is InChI=1S/C11H21ClFNO/c1-7(13)6-15-9-3-4-10(8(2)14)11(12)5-9/h7-11H,3-6,14H2,1-2H3/t7?,8-,9?,10?,11?/m1/s1. The molecule has 4 heteroatoms. The summed E-state index contributed by atoms with van der Waals surface area (Å²) in [5.74, 6) is 0.370. The Bertz CT molecular complexity index is 189. The molecular weight excluding hydrogens is 217 g/mol. The number of halogens is 2. The molecule has 0 aromatic rings. The first-order valence-electron chi connectivity index (χ1n) is 5.66. The van der Waals surface area contributed by atoms with Crippen LogP contribution >= 0.6 is 11.6 Å². The summed E-state index contributed by atoms with van der Waals surface area (Å²) in [5.41, 5.74) is 5.84. The number of ether oxygens (including phenoxy) is 1. The summed E-state index contributed by atoms with van der Waals surface area (Å²) in [5, 5.41) is 0.0682. The molecule has 4 unspecified atom stereocenters. The van der Waals surface area contributed by atoms with E-state index >= 15 is 0 Å². The average Bonchev–Trinajstić information content (AvgIpc) is 2.14. The van der Waals surface area contributed by atoms with Crippen molar-refractivity contribution >= 4 is 11.6 Å². The average molecular weight is 238 g/mol. The molecule has 2 nitrogen and oxygen atoms in total. The van der Waals surface area contributed by atoms with Gasteiger partial charge < -0.3 is 10.5 Å². The van der Waals surface area contributed by atoms with Gasteiger partial charge in [0.2, 0.25) is 0 Å². The SMILES string of the molecule is CC(F)COC1CCC([C@@H](C)N)C(Cl)C1. The molecule has 0 saturated heterocycles. The van der Waals surface area contributed by atoms with Gasteiger partial charge in [-0.2, -0.15) is 0 Å². The molecule has 1 rings (SSSR count). The fraction of sp³-hybridized carbons (Fsp3) is 1.00. The van der Waals surface area contributed by atoms with E-state index in [0.29, 0.717) is 5.92 Å². The van der Waals surface area contributed by atoms with Crippen LogP contribution in [0.4, 0.5) is 4.39 Å². The van der Waals surface area contributed by atoms with Gasteiger partial charge in [-0.3, -0.25) is 0 Å². The van der Waals surface area contributed by atoms with Crippen LogP contribution in [0.5, 0.6) is 0 Å². The van der Waals surface area contributed by atoms with Crippen LogP contribution in [0.2, 0.25) is 0 Å². The molecular formula is C11H21ClFNO. The van der Waals surface area contributed by atoms with Crippen molar-refractivity contribution in [2.24, 2.45) is 11.7 Å². The van der Waals surface area contributed by atoms with Gasteiger partial charge in [-0.05, 0) is 39.0 Å². The minimum Gasteiger partial charge on any atom is -0.375 e. The van der Waals surface area contributed by atoms with Gasteiger partial charge in [0, 0.05) is 11.4 Å². The third-order valence-electron chi connectivity index (χ3n) is 3.01. The summed E-state index contributed by atoms with van der Waals surface area (Å²) in [6, 6.07) is 0.133. The lowest BCUT2D eigenvalue weighted by Gasteiger charge is -2.34. The molecule has 0 bridgehead atoms. The Labute approximate surface area is 96.3 Å². The lowest BCUT2D eigenvalue weighted by Crippen LogP contribution is -2.40. The van der Waals surface area contributed by atoms with Gasteiger partial charge in [0.15, 0.2) is 0 Å². The normalized spacial score (nSPS) is 36.2. The number of hydrogen-bond acceptors (Lipinski definition) is 2. The van der Waals surface area contributed by atoms with Crippen molar-refractivity contribution in [1.29, 1.82) is 0 Å². The van der Waals surface area contributed by atoms with Gasteiger partial charge in [0.1, 0.15) is 6.17 Å². The zero-order valence-corrected chi connectivity index (χ0v) is 10.2. The number of alkyl halides is 2. The van der Waals surface area contributed by atoms with Crippen LogP contribution in [0, 0.1) is 5.92 Å². The van der Waals surface area contributed by atoms with E-state index in [9.17, 15) is 4.39 Å². The van der Waals surface area contributed by atoms with Crippen molar-refractivity contribution in [1.82, 2.24) is 0 Å². The van der Waals surface area contributed by atoms with E-state index in [1.54, 1.807) is 0 Å². The Morgan fingerprint density at radius 2 is 2.13 bits per heavy atom. The van der Waals surface area contributed by atoms with E-state index in [4.69, 9.17) is 22.1 Å². The van der Waals surface area contributed by atoms with Crippen LogP contribution in [0.25, 0.3) is 0 Å². The molecule has 0 aromatic heterocycles. The molecule has 0 aromatic carbocycles. The molecule has 1 aliphatic carbocycles. The minimum atomic E-state index is -0.898. The van der Waals surface area contributed by atoms with Gasteiger partial charge in [0.25, 0.3) is 0 Å². The molecule has 0 radical (unpaired) electrons. The Hall–Kier alpha value is 0.140. The smallest absolute Gasteiger partial charge is 0.121 e. The molecule has 2 N–H and O–H groups in total. The van der Waals surface area contributed by atoms with Crippen molar-refractivity contribution in [3.63, 3.8) is 0 Å². The van der Waals surface area contributed by atoms with Crippen LogP contribution in [0.1, 0.15) is 33.1 Å². The van der Waals surface area contributed by atoms with Gasteiger partial charge >= 0.3 is 0 Å². The van der Waals surface area contributed by atoms with Crippen LogP contribution in [0.3, 0.4) is 0 Å². The van der Waals surface area contributed by atoms with Gasteiger partial charge in [-0.25, -0.2) is 4.39 Å². The first kappa shape index (κ1) is 13.2. The van der Waals surface area contributed by atoms with E-state index in [-0.39, 0.29) is 24.1 Å². The molecule has 0 aliphatic heterocycles. The fourth-order valence-electron chi connectivity index (χ4n) is 2.12. The van der Waals surface area contributed by atoms with Crippen molar-refractivity contribution in [2.75, 3.05) is 6.61 Å². The molecule has 1 saturated carbocycles. The third kappa shape index (κ3) is 4.25. The predicted molar refractivity (Wildman–Crippen MR) is 60.9 cm³/mol. The maximum atomic E-state index is 12.6. The molecule has 0 spiro atoms. The Balaban J connectivity index is 2.31. The lowest BCUT2D eigenvalue weighted by atomic mass is 9.83. The fourth-order valence-corrected chi connectivity index (χ4v) is 2.67. The third-order valence-corrected chi connectivity index (χ3v) is 3.51. The molecule has 1 aliphatic rings. The number of hydrogen-bond donors (Lipinski definition) is 1. The maximum absolute atomic E-state index is 12.6. The van der Waals surface area contributed by atoms with E-state index in [2.05, 4.69) is 0 Å². The van der Waals surface area contributed by atoms with Crippen LogP contribution < -0.4 is 5.73 Å². The molecule has 15 heavy (non-hydrogen) atoms. The second-order valence-corrected chi connectivity index (χ2v) is 5.15. The topological polar surface area (TPSA) is 35.2 Å². The molecule has 1 fully saturated rings. The highest BCUT2D eigenvalue weighted by Gasteiger charge is 2.31.